The van der Waals surface area contributed by atoms with E-state index < -0.39 is 80.3 Å². The van der Waals surface area contributed by atoms with Crippen LogP contribution in [-0.2, 0) is 14.3 Å². The quantitative estimate of drug-likeness (QED) is 0.436. The van der Waals surface area contributed by atoms with Crippen molar-refractivity contribution in [3.05, 3.63) is 0 Å². The highest BCUT2D eigenvalue weighted by molar-refractivity contribution is 5.81. The minimum absolute atomic E-state index is 0.433. The number of hydrogen-bond donors (Lipinski definition) is 1. The van der Waals surface area contributed by atoms with E-state index in [2.05, 4.69) is 0 Å². The molecule has 0 radical (unpaired) electrons. The van der Waals surface area contributed by atoms with E-state index in [-0.39, 0.29) is 0 Å². The average molecular weight is 394 g/mol. The summed E-state index contributed by atoms with van der Waals surface area (Å²) < 4.78 is 78.8. The lowest BCUT2D eigenvalue weighted by Gasteiger charge is -2.27. The first-order valence-corrected chi connectivity index (χ1v) is 8.11. The first-order chi connectivity index (χ1) is 11.5. The Kier molecular flexibility index (Phi) is 8.92. The third-order valence-electron chi connectivity index (χ3n) is 3.46. The fraction of sp³-hybridized carbons (Fsp3) is 0.875. The van der Waals surface area contributed by atoms with Crippen molar-refractivity contribution in [2.75, 3.05) is 0 Å². The number of aliphatic carboxylic acids is 1. The molecule has 154 valence electrons. The van der Waals surface area contributed by atoms with Crippen molar-refractivity contribution in [3.63, 3.8) is 0 Å². The summed E-state index contributed by atoms with van der Waals surface area (Å²) in [5.74, 6) is -5.53. The standard InChI is InChI=1S/C16H24F6O4/c1-14(2,3)26-13(25)11(7-5-9-16(20,21)22)10(12(23)24)6-4-8-15(17,18)19/h10-11H,4-9H2,1-3H3,(H,23,24). The largest absolute Gasteiger partial charge is 0.481 e. The van der Waals surface area contributed by atoms with Gasteiger partial charge < -0.3 is 9.84 Å². The van der Waals surface area contributed by atoms with Crippen LogP contribution >= 0.6 is 0 Å². The van der Waals surface area contributed by atoms with Crippen molar-refractivity contribution in [2.45, 2.75) is 77.2 Å². The lowest BCUT2D eigenvalue weighted by Crippen LogP contribution is -2.36. The predicted molar refractivity (Wildman–Crippen MR) is 80.3 cm³/mol. The van der Waals surface area contributed by atoms with Gasteiger partial charge in [0, 0.05) is 12.8 Å². The van der Waals surface area contributed by atoms with Crippen molar-refractivity contribution in [1.29, 1.82) is 0 Å². The molecular weight excluding hydrogens is 370 g/mol. The zero-order chi connectivity index (χ0) is 20.8. The SMILES string of the molecule is CC(C)(C)OC(=O)C(CCCC(F)(F)F)C(CCCC(F)(F)F)C(=O)O. The molecule has 26 heavy (non-hydrogen) atoms. The molecule has 0 saturated heterocycles. The first-order valence-electron chi connectivity index (χ1n) is 8.11. The van der Waals surface area contributed by atoms with Crippen LogP contribution in [0.5, 0.6) is 0 Å². The second-order valence-corrected chi connectivity index (χ2v) is 7.10. The van der Waals surface area contributed by atoms with Crippen molar-refractivity contribution in [1.82, 2.24) is 0 Å². The second-order valence-electron chi connectivity index (χ2n) is 7.10. The lowest BCUT2D eigenvalue weighted by atomic mass is 9.84. The average Bonchev–Trinajstić information content (AvgIpc) is 2.35. The number of alkyl halides is 6. The maximum Gasteiger partial charge on any atom is 0.389 e. The number of carboxylic acids is 1. The van der Waals surface area contributed by atoms with Gasteiger partial charge >= 0.3 is 24.3 Å². The molecular formula is C16H24F6O4. The van der Waals surface area contributed by atoms with Crippen LogP contribution in [0.25, 0.3) is 0 Å². The van der Waals surface area contributed by atoms with Crippen molar-refractivity contribution >= 4 is 11.9 Å². The van der Waals surface area contributed by atoms with Gasteiger partial charge in [0.15, 0.2) is 0 Å². The highest BCUT2D eigenvalue weighted by Crippen LogP contribution is 2.32. The van der Waals surface area contributed by atoms with Crippen LogP contribution in [0.4, 0.5) is 26.3 Å². The molecule has 1 N–H and O–H groups in total. The summed E-state index contributed by atoms with van der Waals surface area (Å²) in [6, 6.07) is 0. The zero-order valence-corrected chi connectivity index (χ0v) is 14.8. The zero-order valence-electron chi connectivity index (χ0n) is 14.8. The number of hydrogen-bond acceptors (Lipinski definition) is 3. The number of esters is 1. The van der Waals surface area contributed by atoms with Gasteiger partial charge in [0.2, 0.25) is 0 Å². The molecule has 0 aliphatic rings. The molecule has 0 aromatic carbocycles. The molecule has 0 aliphatic heterocycles. The number of halogens is 6. The van der Waals surface area contributed by atoms with Crippen LogP contribution in [0, 0.1) is 11.8 Å². The van der Waals surface area contributed by atoms with Gasteiger partial charge in [-0.2, -0.15) is 26.3 Å². The fourth-order valence-electron chi connectivity index (χ4n) is 2.40. The molecule has 0 aromatic rings. The number of carboxylic acid groups (broad SMARTS) is 1. The third-order valence-corrected chi connectivity index (χ3v) is 3.46. The van der Waals surface area contributed by atoms with E-state index in [0.29, 0.717) is 0 Å². The van der Waals surface area contributed by atoms with E-state index in [0.717, 1.165) is 0 Å². The van der Waals surface area contributed by atoms with Crippen LogP contribution in [-0.4, -0.2) is 35.0 Å². The Hall–Kier alpha value is -1.48. The Morgan fingerprint density at radius 1 is 0.846 bits per heavy atom. The Bertz CT molecular complexity index is 465. The molecule has 0 aliphatic carbocycles. The van der Waals surface area contributed by atoms with E-state index in [1.54, 1.807) is 0 Å². The normalized spacial score (nSPS) is 15.4. The van der Waals surface area contributed by atoms with Crippen molar-refractivity contribution < 1.29 is 45.8 Å². The summed E-state index contributed by atoms with van der Waals surface area (Å²) in [6.07, 6.45) is -13.4. The van der Waals surface area contributed by atoms with Crippen LogP contribution in [0.15, 0.2) is 0 Å². The molecule has 0 aromatic heterocycles. The van der Waals surface area contributed by atoms with Gasteiger partial charge in [-0.15, -0.1) is 0 Å². The van der Waals surface area contributed by atoms with Gasteiger partial charge in [0.05, 0.1) is 11.8 Å². The maximum absolute atomic E-state index is 12.3. The van der Waals surface area contributed by atoms with Gasteiger partial charge in [-0.05, 0) is 46.5 Å². The van der Waals surface area contributed by atoms with Crippen LogP contribution < -0.4 is 0 Å². The lowest BCUT2D eigenvalue weighted by molar-refractivity contribution is -0.168. The van der Waals surface area contributed by atoms with Gasteiger partial charge in [-0.1, -0.05) is 0 Å². The van der Waals surface area contributed by atoms with Gasteiger partial charge in [-0.25, -0.2) is 0 Å². The summed E-state index contributed by atoms with van der Waals surface area (Å²) in [6.45, 7) is 4.49. The summed E-state index contributed by atoms with van der Waals surface area (Å²) >= 11 is 0. The molecule has 2 atom stereocenters. The van der Waals surface area contributed by atoms with Crippen molar-refractivity contribution in [2.24, 2.45) is 11.8 Å². The van der Waals surface area contributed by atoms with Crippen LogP contribution in [0.1, 0.15) is 59.3 Å². The molecule has 0 rings (SSSR count). The first kappa shape index (κ1) is 24.5. The van der Waals surface area contributed by atoms with E-state index >= 15 is 0 Å². The summed E-state index contributed by atoms with van der Waals surface area (Å²) in [4.78, 5) is 23.6. The monoisotopic (exact) mass is 394 g/mol. The molecule has 2 unspecified atom stereocenters. The van der Waals surface area contributed by atoms with Gasteiger partial charge in [-0.3, -0.25) is 9.59 Å². The number of carbonyl (C=O) groups excluding carboxylic acids is 1. The fourth-order valence-corrected chi connectivity index (χ4v) is 2.40. The highest BCUT2D eigenvalue weighted by atomic mass is 19.4. The molecule has 10 heteroatoms. The molecule has 0 heterocycles. The highest BCUT2D eigenvalue weighted by Gasteiger charge is 2.38. The van der Waals surface area contributed by atoms with Gasteiger partial charge in [0.25, 0.3) is 0 Å². The Balaban J connectivity index is 5.19. The van der Waals surface area contributed by atoms with Gasteiger partial charge in [0.1, 0.15) is 5.60 Å². The van der Waals surface area contributed by atoms with Crippen LogP contribution in [0.2, 0.25) is 0 Å². The smallest absolute Gasteiger partial charge is 0.389 e. The Morgan fingerprint density at radius 3 is 1.54 bits per heavy atom. The molecule has 4 nitrogen and oxygen atoms in total. The molecule has 0 spiro atoms. The number of ether oxygens (including phenoxy) is 1. The Labute approximate surface area is 147 Å². The predicted octanol–water partition coefficient (Wildman–Crippen LogP) is 5.11. The van der Waals surface area contributed by atoms with E-state index in [9.17, 15) is 41.0 Å². The van der Waals surface area contributed by atoms with Crippen molar-refractivity contribution in [3.8, 4) is 0 Å². The molecule has 0 fully saturated rings. The van der Waals surface area contributed by atoms with E-state index in [1.807, 2.05) is 0 Å². The van der Waals surface area contributed by atoms with E-state index in [4.69, 9.17) is 4.74 Å². The van der Waals surface area contributed by atoms with E-state index in [1.165, 1.54) is 20.8 Å². The summed E-state index contributed by atoms with van der Waals surface area (Å²) in [5, 5.41) is 9.27. The minimum Gasteiger partial charge on any atom is -0.481 e. The second kappa shape index (κ2) is 9.45. The number of carbonyl (C=O) groups is 2. The maximum atomic E-state index is 12.3. The topological polar surface area (TPSA) is 63.6 Å². The Morgan fingerprint density at radius 2 is 1.23 bits per heavy atom. The molecule has 0 bridgehead atoms. The number of rotatable bonds is 9. The minimum atomic E-state index is -4.49. The molecule has 0 saturated carbocycles. The molecule has 0 amide bonds. The summed E-state index contributed by atoms with van der Waals surface area (Å²) in [7, 11) is 0. The summed E-state index contributed by atoms with van der Waals surface area (Å²) in [5.41, 5.74) is -1.01. The third kappa shape index (κ3) is 12.0. The van der Waals surface area contributed by atoms with Crippen LogP contribution in [0.3, 0.4) is 0 Å².